The van der Waals surface area contributed by atoms with Crippen LogP contribution in [0.2, 0.25) is 12.6 Å². The Kier molecular flexibility index (Phi) is 11.2. The number of halogens is 2. The quantitative estimate of drug-likeness (QED) is 0.189. The molecule has 0 spiro atoms. The summed E-state index contributed by atoms with van der Waals surface area (Å²) in [4.78, 5) is 0. The Labute approximate surface area is 266 Å². The maximum Gasteiger partial charge on any atom is 2.00 e. The normalized spacial score (nSPS) is 17.5. The monoisotopic (exact) mass is 644 g/mol. The minimum atomic E-state index is -2.02. The van der Waals surface area contributed by atoms with Gasteiger partial charge in [0.1, 0.15) is 0 Å². The van der Waals surface area contributed by atoms with E-state index in [0.29, 0.717) is 11.5 Å². The molecule has 0 amide bonds. The van der Waals surface area contributed by atoms with Crippen molar-refractivity contribution in [2.24, 2.45) is 5.92 Å². The topological polar surface area (TPSA) is 0 Å². The average Bonchev–Trinajstić information content (AvgIpc) is 3.45. The molecule has 6 rings (SSSR count). The van der Waals surface area contributed by atoms with Crippen molar-refractivity contribution in [1.29, 1.82) is 0 Å². The minimum absolute atomic E-state index is 0. The molecule has 0 heterocycles. The molecular weight excluding hydrogens is 611 g/mol. The Bertz CT molecular complexity index is 1460. The second-order valence-corrected chi connectivity index (χ2v) is 15.4. The van der Waals surface area contributed by atoms with Crippen molar-refractivity contribution in [3.63, 3.8) is 0 Å². The van der Waals surface area contributed by atoms with Gasteiger partial charge in [-0.05, 0) is 51.1 Å². The van der Waals surface area contributed by atoms with E-state index in [1.807, 2.05) is 0 Å². The van der Waals surface area contributed by atoms with Gasteiger partial charge in [0, 0.05) is 11.5 Å². The molecular formula is C35H36Cl2SiZr. The predicted molar refractivity (Wildman–Crippen MR) is 158 cm³/mol. The molecule has 0 aromatic heterocycles. The number of hydrogen-bond donors (Lipinski definition) is 0. The van der Waals surface area contributed by atoms with E-state index in [9.17, 15) is 0 Å². The molecule has 3 aliphatic carbocycles. The fourth-order valence-corrected chi connectivity index (χ4v) is 12.8. The van der Waals surface area contributed by atoms with Crippen molar-refractivity contribution in [3.8, 4) is 11.1 Å². The molecule has 0 N–H and O–H groups in total. The number of allylic oxidation sites excluding steroid dienone is 5. The van der Waals surface area contributed by atoms with Crippen molar-refractivity contribution >= 4 is 18.8 Å². The number of unbranched alkanes of at least 4 members (excludes halogenated alkanes) is 4. The van der Waals surface area contributed by atoms with Gasteiger partial charge in [-0.2, -0.15) is 0 Å². The Balaban J connectivity index is 0.00000140. The molecule has 0 radical (unpaired) electrons. The van der Waals surface area contributed by atoms with Crippen LogP contribution in [0.3, 0.4) is 0 Å². The zero-order valence-corrected chi connectivity index (χ0v) is 27.6. The second kappa shape index (κ2) is 13.8. The van der Waals surface area contributed by atoms with Crippen molar-refractivity contribution in [2.75, 3.05) is 0 Å². The van der Waals surface area contributed by atoms with Crippen LogP contribution in [0.15, 0.2) is 110 Å². The Morgan fingerprint density at radius 1 is 0.744 bits per heavy atom. The first kappa shape index (κ1) is 31.8. The third-order valence-corrected chi connectivity index (χ3v) is 13.9. The van der Waals surface area contributed by atoms with E-state index in [-0.39, 0.29) is 51.0 Å². The van der Waals surface area contributed by atoms with Gasteiger partial charge < -0.3 is 24.8 Å². The van der Waals surface area contributed by atoms with Gasteiger partial charge in [-0.3, -0.25) is 0 Å². The van der Waals surface area contributed by atoms with Crippen LogP contribution in [0.25, 0.3) is 21.9 Å². The minimum Gasteiger partial charge on any atom is -1.00 e. The first-order chi connectivity index (χ1) is 17.7. The average molecular weight is 647 g/mol. The van der Waals surface area contributed by atoms with E-state index in [4.69, 9.17) is 0 Å². The molecule has 0 saturated carbocycles. The van der Waals surface area contributed by atoms with Gasteiger partial charge in [-0.1, -0.05) is 140 Å². The molecule has 0 saturated heterocycles. The Morgan fingerprint density at radius 2 is 1.33 bits per heavy atom. The molecule has 3 aliphatic rings. The van der Waals surface area contributed by atoms with Crippen molar-refractivity contribution in [3.05, 3.63) is 131 Å². The molecule has 0 aliphatic heterocycles. The van der Waals surface area contributed by atoms with Crippen molar-refractivity contribution in [1.82, 2.24) is 0 Å². The van der Waals surface area contributed by atoms with E-state index in [2.05, 4.69) is 116 Å². The largest absolute Gasteiger partial charge is 2.00 e. The summed E-state index contributed by atoms with van der Waals surface area (Å²) in [5, 5.41) is 4.75. The van der Waals surface area contributed by atoms with Gasteiger partial charge in [-0.15, -0.1) is 6.58 Å². The maximum atomic E-state index is 3.91. The van der Waals surface area contributed by atoms with Crippen LogP contribution in [0.4, 0.5) is 0 Å². The number of benzene rings is 3. The third kappa shape index (κ3) is 5.60. The van der Waals surface area contributed by atoms with E-state index in [1.165, 1.54) is 58.9 Å². The molecule has 198 valence electrons. The zero-order valence-electron chi connectivity index (χ0n) is 22.7. The molecule has 0 nitrogen and oxygen atoms in total. The van der Waals surface area contributed by atoms with Gasteiger partial charge in [-0.25, -0.2) is 0 Å². The summed E-state index contributed by atoms with van der Waals surface area (Å²) in [6.07, 6.45) is 17.8. The Morgan fingerprint density at radius 3 is 2.00 bits per heavy atom. The first-order valence-corrected chi connectivity index (χ1v) is 16.5. The predicted octanol–water partition coefficient (Wildman–Crippen LogP) is 1.86. The standard InChI is InChI=1S/C35H36Si.2ClH.Zr/c1-3-4-5-6-7-16-25-36(2,34-30-21-12-8-17-26(30)27-18-9-13-22-31(27)34)35-32-23-14-10-19-28(32)29-20-11-15-24-33(29)35;;;/h3,8-15,17-24,30,35H,1,4-7,16,25H2,2H3;2*1H;/q;;;+2/p-2. The van der Waals surface area contributed by atoms with E-state index in [0.717, 1.165) is 6.42 Å². The molecule has 39 heavy (non-hydrogen) atoms. The molecule has 2 atom stereocenters. The molecule has 0 fully saturated rings. The van der Waals surface area contributed by atoms with Crippen LogP contribution < -0.4 is 35.3 Å². The summed E-state index contributed by atoms with van der Waals surface area (Å²) < 4.78 is 0. The van der Waals surface area contributed by atoms with Crippen LogP contribution in [-0.4, -0.2) is 8.07 Å². The van der Waals surface area contributed by atoms with Crippen molar-refractivity contribution in [2.45, 2.75) is 50.2 Å². The zero-order chi connectivity index (χ0) is 24.5. The molecule has 4 heteroatoms. The fourth-order valence-electron chi connectivity index (χ4n) is 7.26. The number of hydrogen-bond acceptors (Lipinski definition) is 0. The van der Waals surface area contributed by atoms with Gasteiger partial charge in [0.2, 0.25) is 0 Å². The second-order valence-electron chi connectivity index (χ2n) is 10.9. The first-order valence-electron chi connectivity index (χ1n) is 13.7. The van der Waals surface area contributed by atoms with Crippen LogP contribution in [0.1, 0.15) is 48.8 Å². The van der Waals surface area contributed by atoms with E-state index in [1.54, 1.807) is 16.3 Å². The summed E-state index contributed by atoms with van der Waals surface area (Å²) in [6.45, 7) is 6.64. The fraction of sp³-hybridized carbons (Fsp3) is 0.257. The van der Waals surface area contributed by atoms with Crippen LogP contribution in [0, 0.1) is 5.92 Å². The van der Waals surface area contributed by atoms with Crippen LogP contribution in [-0.2, 0) is 26.2 Å². The number of fused-ring (bicyclic) bond motifs is 5. The smallest absolute Gasteiger partial charge is 1.00 e. The van der Waals surface area contributed by atoms with Crippen LogP contribution in [0.5, 0.6) is 0 Å². The van der Waals surface area contributed by atoms with E-state index >= 15 is 0 Å². The summed E-state index contributed by atoms with van der Waals surface area (Å²) in [7, 11) is -2.02. The van der Waals surface area contributed by atoms with Gasteiger partial charge in [0.05, 0.1) is 8.07 Å². The summed E-state index contributed by atoms with van der Waals surface area (Å²) in [5.41, 5.74) is 8.05. The molecule has 3 aromatic carbocycles. The molecule has 2 unspecified atom stereocenters. The van der Waals surface area contributed by atoms with Crippen LogP contribution >= 0.6 is 0 Å². The van der Waals surface area contributed by atoms with Gasteiger partial charge in [0.25, 0.3) is 0 Å². The Hall–Kier alpha value is -1.70. The number of rotatable bonds is 9. The van der Waals surface area contributed by atoms with E-state index < -0.39 is 8.07 Å². The third-order valence-electron chi connectivity index (χ3n) is 8.81. The maximum absolute atomic E-state index is 3.91. The SMILES string of the molecule is C=CCCCCCC[Si](C)(C1=c2ccccc2=C2C=CC=CC21)C1c2ccccc2-c2ccccc21.[Cl-].[Cl-].[Zr+2]. The summed E-state index contributed by atoms with van der Waals surface area (Å²) in [6, 6.07) is 29.1. The van der Waals surface area contributed by atoms with Crippen molar-refractivity contribution < 1.29 is 51.0 Å². The molecule has 3 aromatic rings. The summed E-state index contributed by atoms with van der Waals surface area (Å²) in [5.74, 6) is 0.421. The summed E-state index contributed by atoms with van der Waals surface area (Å²) >= 11 is 0. The van der Waals surface area contributed by atoms with Gasteiger partial charge >= 0.3 is 26.2 Å². The van der Waals surface area contributed by atoms with Gasteiger partial charge in [0.15, 0.2) is 0 Å². The molecule has 0 bridgehead atoms.